The Morgan fingerprint density at radius 1 is 1.05 bits per heavy atom. The van der Waals surface area contributed by atoms with Crippen LogP contribution in [0, 0.1) is 0 Å². The third-order valence-electron chi connectivity index (χ3n) is 5.07. The summed E-state index contributed by atoms with van der Waals surface area (Å²) in [5, 5.41) is 1.35. The van der Waals surface area contributed by atoms with Crippen LogP contribution in [0.25, 0.3) is 22.2 Å². The summed E-state index contributed by atoms with van der Waals surface area (Å²) in [4.78, 5) is 3.71. The summed E-state index contributed by atoms with van der Waals surface area (Å²) in [6, 6.07) is 17.6. The molecule has 0 saturated heterocycles. The molecule has 0 spiro atoms. The van der Waals surface area contributed by atoms with Gasteiger partial charge in [0.1, 0.15) is 0 Å². The van der Waals surface area contributed by atoms with Gasteiger partial charge in [0.2, 0.25) is 0 Å². The van der Waals surface area contributed by atoms with E-state index >= 15 is 0 Å². The van der Waals surface area contributed by atoms with E-state index < -0.39 is 0 Å². The molecule has 0 aliphatic heterocycles. The minimum atomic E-state index is 0.800. The van der Waals surface area contributed by atoms with E-state index in [0.29, 0.717) is 0 Å². The topological polar surface area (TPSA) is 15.8 Å². The van der Waals surface area contributed by atoms with Crippen molar-refractivity contribution in [2.75, 3.05) is 0 Å². The highest BCUT2D eigenvalue weighted by molar-refractivity contribution is 5.89. The lowest BCUT2D eigenvalue weighted by molar-refractivity contribution is 0.417. The molecule has 1 aliphatic carbocycles. The summed E-state index contributed by atoms with van der Waals surface area (Å²) in [5.41, 5.74) is 7.03. The zero-order valence-corrected chi connectivity index (χ0v) is 13.2. The maximum atomic E-state index is 3.71. The molecule has 0 bridgehead atoms. The predicted octanol–water partition coefficient (Wildman–Crippen LogP) is 6.05. The molecule has 1 nitrogen and oxygen atoms in total. The van der Waals surface area contributed by atoms with Gasteiger partial charge in [0.25, 0.3) is 0 Å². The van der Waals surface area contributed by atoms with Crippen molar-refractivity contribution in [3.63, 3.8) is 0 Å². The van der Waals surface area contributed by atoms with Crippen LogP contribution in [-0.2, 0) is 6.42 Å². The quantitative estimate of drug-likeness (QED) is 0.601. The van der Waals surface area contributed by atoms with E-state index in [0.717, 1.165) is 5.92 Å². The van der Waals surface area contributed by atoms with Gasteiger partial charge in [0.15, 0.2) is 0 Å². The second kappa shape index (κ2) is 5.64. The molecule has 1 aliphatic rings. The number of fused-ring (bicyclic) bond motifs is 1. The van der Waals surface area contributed by atoms with Crippen LogP contribution < -0.4 is 0 Å². The summed E-state index contributed by atoms with van der Waals surface area (Å²) < 4.78 is 0. The number of aryl methyl sites for hydroxylation is 1. The molecule has 0 atom stereocenters. The number of H-pyrrole nitrogens is 1. The fourth-order valence-electron chi connectivity index (χ4n) is 3.67. The average Bonchev–Trinajstić information content (AvgIpc) is 2.93. The Balaban J connectivity index is 1.86. The SMILES string of the molecule is CCCc1c(C2CCC2)ccc2cc(-c3ccccc3)[nH]c12. The Labute approximate surface area is 132 Å². The number of aromatic amines is 1. The summed E-state index contributed by atoms with van der Waals surface area (Å²) in [5.74, 6) is 0.800. The minimum Gasteiger partial charge on any atom is -0.354 e. The summed E-state index contributed by atoms with van der Waals surface area (Å²) in [6.45, 7) is 2.28. The average molecular weight is 289 g/mol. The van der Waals surface area contributed by atoms with Crippen LogP contribution in [0.5, 0.6) is 0 Å². The lowest BCUT2D eigenvalue weighted by Crippen LogP contribution is -2.11. The summed E-state index contributed by atoms with van der Waals surface area (Å²) in [7, 11) is 0. The zero-order valence-electron chi connectivity index (χ0n) is 13.2. The number of nitrogens with one attached hydrogen (secondary N) is 1. The molecule has 3 aromatic rings. The van der Waals surface area contributed by atoms with Crippen molar-refractivity contribution < 1.29 is 0 Å². The maximum Gasteiger partial charge on any atom is 0.0494 e. The summed E-state index contributed by atoms with van der Waals surface area (Å²) >= 11 is 0. The Bertz CT molecular complexity index is 778. The first-order chi connectivity index (χ1) is 10.9. The lowest BCUT2D eigenvalue weighted by atomic mass is 9.77. The molecule has 22 heavy (non-hydrogen) atoms. The molecule has 1 aromatic heterocycles. The van der Waals surface area contributed by atoms with Crippen molar-refractivity contribution in [3.8, 4) is 11.3 Å². The lowest BCUT2D eigenvalue weighted by Gasteiger charge is -2.28. The molecule has 2 aromatic carbocycles. The molecule has 1 N–H and O–H groups in total. The van der Waals surface area contributed by atoms with Crippen molar-refractivity contribution in [3.05, 3.63) is 59.7 Å². The highest BCUT2D eigenvalue weighted by Gasteiger charge is 2.23. The first kappa shape index (κ1) is 13.6. The van der Waals surface area contributed by atoms with Gasteiger partial charge in [-0.25, -0.2) is 0 Å². The third kappa shape index (κ3) is 2.25. The fraction of sp³-hybridized carbons (Fsp3) is 0.333. The Morgan fingerprint density at radius 3 is 2.55 bits per heavy atom. The zero-order chi connectivity index (χ0) is 14.9. The number of hydrogen-bond acceptors (Lipinski definition) is 0. The smallest absolute Gasteiger partial charge is 0.0494 e. The van der Waals surface area contributed by atoms with Gasteiger partial charge in [-0.2, -0.15) is 0 Å². The molecule has 1 saturated carbocycles. The van der Waals surface area contributed by atoms with Gasteiger partial charge in [0, 0.05) is 16.6 Å². The van der Waals surface area contributed by atoms with Gasteiger partial charge in [-0.3, -0.25) is 0 Å². The first-order valence-electron chi connectivity index (χ1n) is 8.56. The molecule has 0 radical (unpaired) electrons. The van der Waals surface area contributed by atoms with Gasteiger partial charge < -0.3 is 4.98 Å². The van der Waals surface area contributed by atoms with Gasteiger partial charge in [-0.15, -0.1) is 0 Å². The van der Waals surface area contributed by atoms with Crippen LogP contribution in [0.15, 0.2) is 48.5 Å². The van der Waals surface area contributed by atoms with Crippen LogP contribution in [0.3, 0.4) is 0 Å². The molecular formula is C21H23N. The third-order valence-corrected chi connectivity index (χ3v) is 5.07. The monoisotopic (exact) mass is 289 g/mol. The van der Waals surface area contributed by atoms with E-state index in [1.165, 1.54) is 54.3 Å². The largest absolute Gasteiger partial charge is 0.354 e. The molecule has 0 unspecified atom stereocenters. The van der Waals surface area contributed by atoms with Crippen molar-refractivity contribution in [2.24, 2.45) is 0 Å². The normalized spacial score (nSPS) is 15.1. The van der Waals surface area contributed by atoms with E-state index in [2.05, 4.69) is 60.4 Å². The van der Waals surface area contributed by atoms with Crippen molar-refractivity contribution in [1.29, 1.82) is 0 Å². The van der Waals surface area contributed by atoms with Crippen LogP contribution in [0.4, 0.5) is 0 Å². The second-order valence-electron chi connectivity index (χ2n) is 6.52. The highest BCUT2D eigenvalue weighted by atomic mass is 14.7. The molecule has 4 rings (SSSR count). The summed E-state index contributed by atoms with van der Waals surface area (Å²) in [6.07, 6.45) is 6.52. The van der Waals surface area contributed by atoms with E-state index in [9.17, 15) is 0 Å². The number of benzene rings is 2. The van der Waals surface area contributed by atoms with Gasteiger partial charge >= 0.3 is 0 Å². The highest BCUT2D eigenvalue weighted by Crippen LogP contribution is 2.40. The van der Waals surface area contributed by atoms with Crippen LogP contribution in [-0.4, -0.2) is 4.98 Å². The van der Waals surface area contributed by atoms with Crippen LogP contribution in [0.1, 0.15) is 49.7 Å². The number of hydrogen-bond donors (Lipinski definition) is 1. The Morgan fingerprint density at radius 2 is 1.86 bits per heavy atom. The van der Waals surface area contributed by atoms with Crippen LogP contribution >= 0.6 is 0 Å². The van der Waals surface area contributed by atoms with Crippen LogP contribution in [0.2, 0.25) is 0 Å². The molecular weight excluding hydrogens is 266 g/mol. The number of aromatic nitrogens is 1. The van der Waals surface area contributed by atoms with Crippen molar-refractivity contribution in [1.82, 2.24) is 4.98 Å². The molecule has 1 heteroatoms. The van der Waals surface area contributed by atoms with Gasteiger partial charge in [0.05, 0.1) is 0 Å². The fourth-order valence-corrected chi connectivity index (χ4v) is 3.67. The first-order valence-corrected chi connectivity index (χ1v) is 8.56. The maximum absolute atomic E-state index is 3.71. The van der Waals surface area contributed by atoms with E-state index in [1.54, 1.807) is 11.1 Å². The van der Waals surface area contributed by atoms with E-state index in [-0.39, 0.29) is 0 Å². The molecule has 112 valence electrons. The predicted molar refractivity (Wildman–Crippen MR) is 94.3 cm³/mol. The van der Waals surface area contributed by atoms with Gasteiger partial charge in [-0.1, -0.05) is 62.2 Å². The van der Waals surface area contributed by atoms with Gasteiger partial charge in [-0.05, 0) is 47.9 Å². The Kier molecular flexibility index (Phi) is 3.49. The molecule has 0 amide bonds. The number of rotatable bonds is 4. The van der Waals surface area contributed by atoms with Crippen molar-refractivity contribution in [2.45, 2.75) is 44.9 Å². The second-order valence-corrected chi connectivity index (χ2v) is 6.52. The standard InChI is InChI=1S/C21H23N/c1-2-7-19-18(15-10-6-11-15)13-12-17-14-20(22-21(17)19)16-8-4-3-5-9-16/h3-5,8-9,12-15,22H,2,6-7,10-11H2,1H3. The van der Waals surface area contributed by atoms with Crippen molar-refractivity contribution >= 4 is 10.9 Å². The Hall–Kier alpha value is -2.02. The molecule has 1 fully saturated rings. The van der Waals surface area contributed by atoms with E-state index in [1.807, 2.05) is 0 Å². The minimum absolute atomic E-state index is 0.800. The van der Waals surface area contributed by atoms with E-state index in [4.69, 9.17) is 0 Å². The molecule has 1 heterocycles.